The number of carbonyl (C=O) groups excluding carboxylic acids is 1. The smallest absolute Gasteiger partial charge is 0.264 e. The van der Waals surface area contributed by atoms with Gasteiger partial charge in [-0.2, -0.15) is 0 Å². The maximum absolute atomic E-state index is 11.7. The lowest BCUT2D eigenvalue weighted by Gasteiger charge is -2.28. The van der Waals surface area contributed by atoms with Gasteiger partial charge in [0.15, 0.2) is 6.23 Å². The zero-order valence-electron chi connectivity index (χ0n) is 10.9. The van der Waals surface area contributed by atoms with Gasteiger partial charge in [0.05, 0.1) is 0 Å². The first-order valence-corrected chi connectivity index (χ1v) is 5.86. The molecule has 0 bridgehead atoms. The fourth-order valence-corrected chi connectivity index (χ4v) is 1.77. The van der Waals surface area contributed by atoms with E-state index in [1.807, 2.05) is 35.2 Å². The summed E-state index contributed by atoms with van der Waals surface area (Å²) in [6.07, 6.45) is 1.16. The number of carbonyl (C=O) groups is 1. The average molecular weight is 248 g/mol. The van der Waals surface area contributed by atoms with E-state index in [1.165, 1.54) is 7.11 Å². The number of likely N-dealkylation sites (N-methyl/N-ethyl adjacent to an activating group) is 1. The zero-order valence-corrected chi connectivity index (χ0v) is 10.9. The normalized spacial score (nSPS) is 12.2. The van der Waals surface area contributed by atoms with Gasteiger partial charge in [-0.25, -0.2) is 0 Å². The molecule has 18 heavy (non-hydrogen) atoms. The molecule has 1 aromatic rings. The van der Waals surface area contributed by atoms with Crippen LogP contribution in [0.25, 0.3) is 0 Å². The second-order valence-corrected chi connectivity index (χ2v) is 3.91. The highest BCUT2D eigenvalue weighted by molar-refractivity contribution is 5.80. The number of amides is 1. The Kier molecular flexibility index (Phi) is 6.11. The van der Waals surface area contributed by atoms with Crippen LogP contribution in [0.4, 0.5) is 0 Å². The van der Waals surface area contributed by atoms with Crippen molar-refractivity contribution in [3.05, 3.63) is 48.6 Å². The molecule has 0 aliphatic heterocycles. The molecule has 4 heteroatoms. The molecule has 0 fully saturated rings. The Morgan fingerprint density at radius 2 is 2.17 bits per heavy atom. The third kappa shape index (κ3) is 3.98. The maximum atomic E-state index is 11.7. The van der Waals surface area contributed by atoms with E-state index in [0.29, 0.717) is 13.1 Å². The lowest BCUT2D eigenvalue weighted by atomic mass is 10.2. The molecule has 0 aliphatic carbocycles. The first-order chi connectivity index (χ1) is 8.72. The van der Waals surface area contributed by atoms with Crippen molar-refractivity contribution in [1.29, 1.82) is 0 Å². The van der Waals surface area contributed by atoms with Gasteiger partial charge < -0.3 is 10.1 Å². The summed E-state index contributed by atoms with van der Waals surface area (Å²) in [6.45, 7) is 4.94. The highest BCUT2D eigenvalue weighted by Crippen LogP contribution is 2.09. The number of ether oxygens (including phenoxy) is 1. The van der Waals surface area contributed by atoms with E-state index in [9.17, 15) is 4.79 Å². The highest BCUT2D eigenvalue weighted by Gasteiger charge is 2.23. The van der Waals surface area contributed by atoms with E-state index >= 15 is 0 Å². The van der Waals surface area contributed by atoms with Gasteiger partial charge in [-0.1, -0.05) is 36.4 Å². The quantitative estimate of drug-likeness (QED) is 0.585. The van der Waals surface area contributed by atoms with Gasteiger partial charge in [0.2, 0.25) is 0 Å². The Balaban J connectivity index is 2.80. The molecule has 0 saturated carbocycles. The highest BCUT2D eigenvalue weighted by atomic mass is 16.5. The standard InChI is InChI=1S/C14H20N2O2/c1-4-10-16(14(18-3)13(17)15-2)11-12-8-6-5-7-9-12/h4-9,14H,1,10-11H2,2-3H3,(H,15,17). The van der Waals surface area contributed by atoms with Gasteiger partial charge in [-0.15, -0.1) is 6.58 Å². The molecule has 1 rings (SSSR count). The van der Waals surface area contributed by atoms with Crippen LogP contribution < -0.4 is 5.32 Å². The second kappa shape index (κ2) is 7.63. The minimum Gasteiger partial charge on any atom is -0.357 e. The number of nitrogens with one attached hydrogen (secondary N) is 1. The molecule has 1 N–H and O–H groups in total. The third-order valence-electron chi connectivity index (χ3n) is 2.62. The minimum absolute atomic E-state index is 0.157. The van der Waals surface area contributed by atoms with Crippen molar-refractivity contribution in [3.63, 3.8) is 0 Å². The molecule has 0 heterocycles. The van der Waals surface area contributed by atoms with Crippen LogP contribution in [-0.4, -0.2) is 37.7 Å². The van der Waals surface area contributed by atoms with E-state index < -0.39 is 6.23 Å². The van der Waals surface area contributed by atoms with Crippen LogP contribution in [0.3, 0.4) is 0 Å². The van der Waals surface area contributed by atoms with Crippen LogP contribution in [0.15, 0.2) is 43.0 Å². The molecule has 98 valence electrons. The van der Waals surface area contributed by atoms with Crippen molar-refractivity contribution < 1.29 is 9.53 Å². The summed E-state index contributed by atoms with van der Waals surface area (Å²) in [7, 11) is 3.13. The first kappa shape index (κ1) is 14.4. The minimum atomic E-state index is -0.604. The van der Waals surface area contributed by atoms with Crippen LogP contribution in [-0.2, 0) is 16.1 Å². The number of hydrogen-bond acceptors (Lipinski definition) is 3. The van der Waals surface area contributed by atoms with Crippen LogP contribution in [0.2, 0.25) is 0 Å². The Morgan fingerprint density at radius 1 is 1.50 bits per heavy atom. The molecule has 0 aliphatic rings. The van der Waals surface area contributed by atoms with Crippen LogP contribution in [0, 0.1) is 0 Å². The summed E-state index contributed by atoms with van der Waals surface area (Å²) in [5, 5.41) is 2.60. The average Bonchev–Trinajstić information content (AvgIpc) is 2.40. The van der Waals surface area contributed by atoms with Gasteiger partial charge in [0, 0.05) is 27.2 Å². The van der Waals surface area contributed by atoms with Crippen molar-refractivity contribution in [2.75, 3.05) is 20.7 Å². The van der Waals surface area contributed by atoms with E-state index in [1.54, 1.807) is 13.1 Å². The lowest BCUT2D eigenvalue weighted by Crippen LogP contribution is -2.46. The molecule has 1 unspecified atom stereocenters. The van der Waals surface area contributed by atoms with Gasteiger partial charge in [0.1, 0.15) is 0 Å². The van der Waals surface area contributed by atoms with Crippen molar-refractivity contribution in [3.8, 4) is 0 Å². The van der Waals surface area contributed by atoms with E-state index in [2.05, 4.69) is 11.9 Å². The molecule has 1 aromatic carbocycles. The molecule has 0 radical (unpaired) electrons. The third-order valence-corrected chi connectivity index (χ3v) is 2.62. The molecule has 0 aromatic heterocycles. The Labute approximate surface area is 108 Å². The van der Waals surface area contributed by atoms with E-state index in [4.69, 9.17) is 4.74 Å². The molecule has 0 saturated heterocycles. The second-order valence-electron chi connectivity index (χ2n) is 3.91. The molecule has 1 amide bonds. The topological polar surface area (TPSA) is 41.6 Å². The fraction of sp³-hybridized carbons (Fsp3) is 0.357. The monoisotopic (exact) mass is 248 g/mol. The number of rotatable bonds is 7. The largest absolute Gasteiger partial charge is 0.357 e. The summed E-state index contributed by atoms with van der Waals surface area (Å²) in [4.78, 5) is 13.7. The zero-order chi connectivity index (χ0) is 13.4. The SMILES string of the molecule is C=CCN(Cc1ccccc1)C(OC)C(=O)NC. The summed E-state index contributed by atoms with van der Waals surface area (Å²) >= 11 is 0. The Hall–Kier alpha value is -1.65. The Bertz CT molecular complexity index is 379. The summed E-state index contributed by atoms with van der Waals surface area (Å²) < 4.78 is 5.26. The van der Waals surface area contributed by atoms with Crippen LogP contribution in [0.1, 0.15) is 5.56 Å². The van der Waals surface area contributed by atoms with Crippen molar-refractivity contribution >= 4 is 5.91 Å². The molecular weight excluding hydrogens is 228 g/mol. The number of nitrogens with zero attached hydrogens (tertiary/aromatic N) is 1. The van der Waals surface area contributed by atoms with Crippen molar-refractivity contribution in [2.45, 2.75) is 12.8 Å². The fourth-order valence-electron chi connectivity index (χ4n) is 1.77. The van der Waals surface area contributed by atoms with Crippen molar-refractivity contribution in [1.82, 2.24) is 10.2 Å². The van der Waals surface area contributed by atoms with Gasteiger partial charge in [0.25, 0.3) is 5.91 Å². The predicted octanol–water partition coefficient (Wildman–Crippen LogP) is 1.39. The summed E-state index contributed by atoms with van der Waals surface area (Å²) in [5.74, 6) is -0.157. The molecular formula is C14H20N2O2. The summed E-state index contributed by atoms with van der Waals surface area (Å²) in [6, 6.07) is 9.96. The molecule has 1 atom stereocenters. The van der Waals surface area contributed by atoms with Crippen LogP contribution in [0.5, 0.6) is 0 Å². The Morgan fingerprint density at radius 3 is 2.67 bits per heavy atom. The maximum Gasteiger partial charge on any atom is 0.264 e. The van der Waals surface area contributed by atoms with Gasteiger partial charge >= 0.3 is 0 Å². The van der Waals surface area contributed by atoms with Crippen molar-refractivity contribution in [2.24, 2.45) is 0 Å². The number of methoxy groups -OCH3 is 1. The number of benzene rings is 1. The predicted molar refractivity (Wildman–Crippen MR) is 71.9 cm³/mol. The van der Waals surface area contributed by atoms with Gasteiger partial charge in [-0.05, 0) is 5.56 Å². The summed E-state index contributed by atoms with van der Waals surface area (Å²) in [5.41, 5.74) is 1.13. The molecule has 0 spiro atoms. The van der Waals surface area contributed by atoms with E-state index in [0.717, 1.165) is 5.56 Å². The molecule has 4 nitrogen and oxygen atoms in total. The van der Waals surface area contributed by atoms with E-state index in [-0.39, 0.29) is 5.91 Å². The van der Waals surface area contributed by atoms with Crippen LogP contribution >= 0.6 is 0 Å². The van der Waals surface area contributed by atoms with Gasteiger partial charge in [-0.3, -0.25) is 9.69 Å². The lowest BCUT2D eigenvalue weighted by molar-refractivity contribution is -0.142. The number of hydrogen-bond donors (Lipinski definition) is 1. The first-order valence-electron chi connectivity index (χ1n) is 5.86.